The van der Waals surface area contributed by atoms with Crippen LogP contribution < -0.4 is 0 Å². The van der Waals surface area contributed by atoms with E-state index in [2.05, 4.69) is 62.0 Å². The normalized spacial score (nSPS) is 12.6. The van der Waals surface area contributed by atoms with Gasteiger partial charge in [-0.05, 0) is 103 Å². The quantitative estimate of drug-likeness (QED) is 0.0254. The number of hydrogen-bond donors (Lipinski definition) is 2. The first-order chi connectivity index (χ1) is 36.4. The van der Waals surface area contributed by atoms with Crippen molar-refractivity contribution in [3.63, 3.8) is 0 Å². The van der Waals surface area contributed by atoms with Crippen LogP contribution in [0.5, 0.6) is 0 Å². The fourth-order valence-electron chi connectivity index (χ4n) is 8.37. The Morgan fingerprint density at radius 2 is 0.747 bits per heavy atom. The van der Waals surface area contributed by atoms with Crippen LogP contribution in [0.2, 0.25) is 0 Å². The van der Waals surface area contributed by atoms with E-state index in [1.165, 1.54) is 51.9 Å². The van der Waals surface area contributed by atoms with Crippen LogP contribution in [0.1, 0.15) is 285 Å². The minimum Gasteiger partial charge on any atom is -0.479 e. The van der Waals surface area contributed by atoms with Crippen LogP contribution >= 0.6 is 0 Å². The SMILES string of the molecule is CCCCCCC(C/C=C\CCCCCCCC(=O)OCC(=O)O)OC(C)=O.CCCCCCC(O)C/C=C\CCCCCCCC(=O)OCC(=O)OC(C/C=C\CCCCCCCC(=O)OCC)CCCCCC. The van der Waals surface area contributed by atoms with Crippen molar-refractivity contribution >= 4 is 35.8 Å². The van der Waals surface area contributed by atoms with Crippen molar-refractivity contribution in [2.24, 2.45) is 0 Å². The standard InChI is InChI=1S/C40H72O7.C22H38O6/c1-4-7-9-23-29-36(41)30-24-19-15-11-13-18-22-28-34-39(43)46-35-40(44)47-37(31-25-10-8-5-2)32-26-20-16-12-14-17-21-27-33-38(42)45-6-3;1-3-4-5-12-15-20(28-19(2)23)16-13-10-8-6-7-9-11-14-17-22(26)27-18-21(24)25/h19-20,24,26,36-37,41H,4-18,21-23,25,27-35H2,1-3H3;10,13,20H,3-9,11-12,14-18H2,1-2H3,(H,24,25)/b24-19-,26-20-;13-10-. The van der Waals surface area contributed by atoms with Gasteiger partial charge < -0.3 is 33.9 Å². The van der Waals surface area contributed by atoms with Crippen LogP contribution in [0.25, 0.3) is 0 Å². The molecule has 0 aromatic heterocycles. The van der Waals surface area contributed by atoms with Gasteiger partial charge in [0.25, 0.3) is 0 Å². The summed E-state index contributed by atoms with van der Waals surface area (Å²) in [6, 6.07) is 0. The lowest BCUT2D eigenvalue weighted by Gasteiger charge is -2.16. The number of aliphatic carboxylic acids is 1. The minimum atomic E-state index is -1.13. The average Bonchev–Trinajstić information content (AvgIpc) is 3.38. The van der Waals surface area contributed by atoms with E-state index in [0.29, 0.717) is 25.9 Å². The molecule has 0 aliphatic rings. The number of carboxylic acid groups (broad SMARTS) is 1. The molecular weight excluding hydrogens is 953 g/mol. The van der Waals surface area contributed by atoms with Gasteiger partial charge in [0.15, 0.2) is 13.2 Å². The Kier molecular flexibility index (Phi) is 56.2. The molecule has 0 radical (unpaired) electrons. The van der Waals surface area contributed by atoms with Crippen LogP contribution in [0.4, 0.5) is 0 Å². The van der Waals surface area contributed by atoms with Gasteiger partial charge in [0.1, 0.15) is 12.2 Å². The zero-order valence-corrected chi connectivity index (χ0v) is 48.3. The van der Waals surface area contributed by atoms with Crippen molar-refractivity contribution in [1.82, 2.24) is 0 Å². The second-order valence-corrected chi connectivity index (χ2v) is 20.1. The van der Waals surface area contributed by atoms with Gasteiger partial charge >= 0.3 is 35.8 Å². The number of ether oxygens (including phenoxy) is 5. The summed E-state index contributed by atoms with van der Waals surface area (Å²) in [5.41, 5.74) is 0. The highest BCUT2D eigenvalue weighted by Crippen LogP contribution is 2.17. The van der Waals surface area contributed by atoms with E-state index in [4.69, 9.17) is 24.1 Å². The van der Waals surface area contributed by atoms with E-state index >= 15 is 0 Å². The molecule has 0 aliphatic heterocycles. The number of aliphatic hydroxyl groups is 1. The van der Waals surface area contributed by atoms with Crippen molar-refractivity contribution in [2.75, 3.05) is 19.8 Å². The first-order valence-corrected chi connectivity index (χ1v) is 30.1. The minimum absolute atomic E-state index is 0.00788. The Morgan fingerprint density at radius 1 is 0.387 bits per heavy atom. The van der Waals surface area contributed by atoms with E-state index in [-0.39, 0.29) is 49.2 Å². The lowest BCUT2D eigenvalue weighted by molar-refractivity contribution is -0.162. The summed E-state index contributed by atoms with van der Waals surface area (Å²) in [6.45, 7) is 9.44. The Balaban J connectivity index is 0. The van der Waals surface area contributed by atoms with Crippen LogP contribution in [-0.2, 0) is 52.5 Å². The van der Waals surface area contributed by atoms with E-state index in [9.17, 15) is 33.9 Å². The maximum Gasteiger partial charge on any atom is 0.344 e. The second kappa shape index (κ2) is 57.7. The third-order valence-corrected chi connectivity index (χ3v) is 12.8. The zero-order chi connectivity index (χ0) is 55.7. The van der Waals surface area contributed by atoms with Gasteiger partial charge in [-0.25, -0.2) is 9.59 Å². The molecule has 0 bridgehead atoms. The number of rotatable bonds is 52. The van der Waals surface area contributed by atoms with E-state index < -0.39 is 24.5 Å². The molecule has 0 aromatic carbocycles. The van der Waals surface area contributed by atoms with Gasteiger partial charge in [0.2, 0.25) is 0 Å². The van der Waals surface area contributed by atoms with Crippen molar-refractivity contribution in [1.29, 1.82) is 0 Å². The Morgan fingerprint density at radius 3 is 1.16 bits per heavy atom. The first kappa shape index (κ1) is 73.1. The van der Waals surface area contributed by atoms with Crippen LogP contribution in [0.3, 0.4) is 0 Å². The van der Waals surface area contributed by atoms with Gasteiger partial charge in [-0.3, -0.25) is 19.2 Å². The molecule has 3 unspecified atom stereocenters. The smallest absolute Gasteiger partial charge is 0.344 e. The molecule has 13 heteroatoms. The number of carbonyl (C=O) groups is 6. The van der Waals surface area contributed by atoms with Crippen LogP contribution in [0.15, 0.2) is 36.5 Å². The molecule has 3 atom stereocenters. The largest absolute Gasteiger partial charge is 0.479 e. The zero-order valence-electron chi connectivity index (χ0n) is 48.3. The van der Waals surface area contributed by atoms with E-state index in [0.717, 1.165) is 180 Å². The summed E-state index contributed by atoms with van der Waals surface area (Å²) < 4.78 is 25.8. The van der Waals surface area contributed by atoms with Crippen molar-refractivity contribution in [3.05, 3.63) is 36.5 Å². The predicted molar refractivity (Wildman–Crippen MR) is 302 cm³/mol. The maximum atomic E-state index is 12.4. The molecular formula is C62H110O13. The summed E-state index contributed by atoms with van der Waals surface area (Å²) in [5.74, 6) is -2.68. The summed E-state index contributed by atoms with van der Waals surface area (Å²) in [5, 5.41) is 18.4. The Hall–Kier alpha value is -4.00. The number of aliphatic hydroxyl groups excluding tert-OH is 1. The molecule has 0 amide bonds. The van der Waals surface area contributed by atoms with Gasteiger partial charge in [-0.2, -0.15) is 0 Å². The molecule has 0 heterocycles. The highest BCUT2D eigenvalue weighted by molar-refractivity contribution is 5.76. The molecule has 0 saturated carbocycles. The molecule has 0 saturated heterocycles. The van der Waals surface area contributed by atoms with Gasteiger partial charge in [-0.15, -0.1) is 0 Å². The van der Waals surface area contributed by atoms with Gasteiger partial charge in [0, 0.05) is 39.0 Å². The van der Waals surface area contributed by atoms with Crippen molar-refractivity contribution in [3.8, 4) is 0 Å². The highest BCUT2D eigenvalue weighted by atomic mass is 16.6. The lowest BCUT2D eigenvalue weighted by atomic mass is 10.1. The monoisotopic (exact) mass is 1060 g/mol. The number of esters is 5. The molecule has 0 rings (SSSR count). The summed E-state index contributed by atoms with van der Waals surface area (Å²) in [7, 11) is 0. The Labute approximate surface area is 456 Å². The topological polar surface area (TPSA) is 189 Å². The van der Waals surface area contributed by atoms with Crippen LogP contribution in [-0.4, -0.2) is 84.2 Å². The number of carboxylic acids is 1. The number of allylic oxidation sites excluding steroid dienone is 3. The molecule has 436 valence electrons. The molecule has 13 nitrogen and oxygen atoms in total. The number of unbranched alkanes of at least 4 members (excludes halogenated alkanes) is 24. The Bertz CT molecular complexity index is 1460. The molecule has 2 N–H and O–H groups in total. The average molecular weight is 1060 g/mol. The lowest BCUT2D eigenvalue weighted by Crippen LogP contribution is -2.23. The fourth-order valence-corrected chi connectivity index (χ4v) is 8.37. The summed E-state index contributed by atoms with van der Waals surface area (Å²) in [6.07, 6.45) is 50.7. The first-order valence-electron chi connectivity index (χ1n) is 30.1. The molecule has 0 aliphatic carbocycles. The molecule has 75 heavy (non-hydrogen) atoms. The number of carbonyl (C=O) groups excluding carboxylic acids is 5. The highest BCUT2D eigenvalue weighted by Gasteiger charge is 2.16. The predicted octanol–water partition coefficient (Wildman–Crippen LogP) is 15.9. The fraction of sp³-hybridized carbons (Fsp3) is 0.806. The summed E-state index contributed by atoms with van der Waals surface area (Å²) in [4.78, 5) is 68.7. The molecule has 0 fully saturated rings. The molecule has 0 aromatic rings. The third-order valence-electron chi connectivity index (χ3n) is 12.8. The maximum absolute atomic E-state index is 12.4. The third kappa shape index (κ3) is 59.1. The van der Waals surface area contributed by atoms with Crippen molar-refractivity contribution < 1.29 is 62.7 Å². The summed E-state index contributed by atoms with van der Waals surface area (Å²) >= 11 is 0. The molecule has 0 spiro atoms. The number of hydrogen-bond acceptors (Lipinski definition) is 12. The van der Waals surface area contributed by atoms with E-state index in [1.54, 1.807) is 0 Å². The second-order valence-electron chi connectivity index (χ2n) is 20.1. The van der Waals surface area contributed by atoms with Crippen LogP contribution in [0, 0.1) is 0 Å². The van der Waals surface area contributed by atoms with Gasteiger partial charge in [-0.1, -0.05) is 179 Å². The van der Waals surface area contributed by atoms with Gasteiger partial charge in [0.05, 0.1) is 12.7 Å². The van der Waals surface area contributed by atoms with Crippen molar-refractivity contribution in [2.45, 2.75) is 303 Å². The van der Waals surface area contributed by atoms with E-state index in [1.807, 2.05) is 6.92 Å².